The largest absolute Gasteiger partial charge is 0.336 e. The Bertz CT molecular complexity index is 814. The molecule has 1 aliphatic rings. The lowest BCUT2D eigenvalue weighted by Gasteiger charge is -2.34. The minimum absolute atomic E-state index is 0.0463. The van der Waals surface area contributed by atoms with Gasteiger partial charge in [-0.25, -0.2) is 4.98 Å². The van der Waals surface area contributed by atoms with E-state index in [1.807, 2.05) is 13.1 Å². The van der Waals surface area contributed by atoms with Gasteiger partial charge in [0.1, 0.15) is 11.4 Å². The van der Waals surface area contributed by atoms with Crippen LogP contribution in [-0.2, 0) is 6.54 Å². The predicted octanol–water partition coefficient (Wildman–Crippen LogP) is 2.21. The molecule has 0 aliphatic carbocycles. The fourth-order valence-electron chi connectivity index (χ4n) is 3.07. The third kappa shape index (κ3) is 4.03. The highest BCUT2D eigenvalue weighted by molar-refractivity contribution is 6.31. The number of carbonyl (C=O) groups is 1. The maximum atomic E-state index is 12.7. The summed E-state index contributed by atoms with van der Waals surface area (Å²) in [5.41, 5.74) is -0.164. The van der Waals surface area contributed by atoms with Crippen LogP contribution in [0.4, 0.5) is 5.69 Å². The molecule has 138 valence electrons. The molecule has 0 atom stereocenters. The first-order valence-electron chi connectivity index (χ1n) is 8.39. The third-order valence-corrected chi connectivity index (χ3v) is 4.86. The Hall–Kier alpha value is -2.45. The Balaban J connectivity index is 1.59. The summed E-state index contributed by atoms with van der Waals surface area (Å²) in [6, 6.07) is 4.07. The normalized spacial score (nSPS) is 15.2. The van der Waals surface area contributed by atoms with E-state index in [0.29, 0.717) is 18.1 Å². The predicted molar refractivity (Wildman–Crippen MR) is 97.4 cm³/mol. The lowest BCUT2D eigenvalue weighted by Crippen LogP contribution is -2.49. The number of piperazine rings is 1. The minimum Gasteiger partial charge on any atom is -0.336 e. The molecule has 8 nitrogen and oxygen atoms in total. The highest BCUT2D eigenvalue weighted by Gasteiger charge is 2.27. The summed E-state index contributed by atoms with van der Waals surface area (Å²) in [6.07, 6.45) is 3.73. The molecule has 26 heavy (non-hydrogen) atoms. The Labute approximate surface area is 156 Å². The number of hydrogen-bond acceptors (Lipinski definition) is 5. The number of nitro groups is 1. The number of nitro benzene ring substituents is 1. The van der Waals surface area contributed by atoms with Crippen molar-refractivity contribution in [1.29, 1.82) is 0 Å². The number of hydrogen-bond donors (Lipinski definition) is 0. The number of rotatable bonds is 5. The molecule has 2 heterocycles. The smallest absolute Gasteiger partial charge is 0.282 e. The van der Waals surface area contributed by atoms with E-state index in [1.165, 1.54) is 18.2 Å². The van der Waals surface area contributed by atoms with Gasteiger partial charge in [-0.05, 0) is 19.1 Å². The van der Waals surface area contributed by atoms with Crippen LogP contribution in [0.15, 0.2) is 30.6 Å². The molecule has 2 aromatic rings. The van der Waals surface area contributed by atoms with Crippen LogP contribution in [0.5, 0.6) is 0 Å². The van der Waals surface area contributed by atoms with Crippen LogP contribution in [0.1, 0.15) is 16.2 Å². The lowest BCUT2D eigenvalue weighted by atomic mass is 10.1. The van der Waals surface area contributed by atoms with Crippen LogP contribution in [-0.4, -0.2) is 62.9 Å². The van der Waals surface area contributed by atoms with Gasteiger partial charge in [0, 0.05) is 62.8 Å². The van der Waals surface area contributed by atoms with Gasteiger partial charge in [0.15, 0.2) is 0 Å². The lowest BCUT2D eigenvalue weighted by molar-refractivity contribution is -0.385. The number of halogens is 1. The van der Waals surface area contributed by atoms with Gasteiger partial charge in [-0.2, -0.15) is 0 Å². The second-order valence-corrected chi connectivity index (χ2v) is 6.66. The SMILES string of the molecule is Cc1nccn1CCN1CCN(C(=O)c2cc(Cl)ccc2[N+](=O)[O-])CC1. The van der Waals surface area contributed by atoms with Gasteiger partial charge in [0.05, 0.1) is 4.92 Å². The van der Waals surface area contributed by atoms with E-state index in [9.17, 15) is 14.9 Å². The maximum Gasteiger partial charge on any atom is 0.282 e. The van der Waals surface area contributed by atoms with E-state index < -0.39 is 4.92 Å². The average Bonchev–Trinajstić information content (AvgIpc) is 3.04. The van der Waals surface area contributed by atoms with Gasteiger partial charge >= 0.3 is 0 Å². The van der Waals surface area contributed by atoms with E-state index in [1.54, 1.807) is 11.1 Å². The molecule has 1 aromatic carbocycles. The summed E-state index contributed by atoms with van der Waals surface area (Å²) in [7, 11) is 0. The van der Waals surface area contributed by atoms with Crippen molar-refractivity contribution in [2.45, 2.75) is 13.5 Å². The van der Waals surface area contributed by atoms with Gasteiger partial charge < -0.3 is 9.47 Å². The second-order valence-electron chi connectivity index (χ2n) is 6.22. The maximum absolute atomic E-state index is 12.7. The van der Waals surface area contributed by atoms with E-state index in [4.69, 9.17) is 11.6 Å². The van der Waals surface area contributed by atoms with Crippen molar-refractivity contribution in [3.05, 3.63) is 57.1 Å². The van der Waals surface area contributed by atoms with Gasteiger partial charge in [-0.1, -0.05) is 11.6 Å². The highest BCUT2D eigenvalue weighted by Crippen LogP contribution is 2.24. The summed E-state index contributed by atoms with van der Waals surface area (Å²) >= 11 is 5.92. The molecule has 1 aliphatic heterocycles. The summed E-state index contributed by atoms with van der Waals surface area (Å²) in [5.74, 6) is 0.636. The van der Waals surface area contributed by atoms with Crippen molar-refractivity contribution in [2.75, 3.05) is 32.7 Å². The molecule has 0 radical (unpaired) electrons. The minimum atomic E-state index is -0.548. The van der Waals surface area contributed by atoms with Crippen molar-refractivity contribution >= 4 is 23.2 Å². The molecular weight excluding hydrogens is 358 g/mol. The summed E-state index contributed by atoms with van der Waals surface area (Å²) < 4.78 is 2.09. The summed E-state index contributed by atoms with van der Waals surface area (Å²) in [4.78, 5) is 31.5. The molecule has 3 rings (SSSR count). The van der Waals surface area contributed by atoms with Crippen LogP contribution in [0.25, 0.3) is 0 Å². The average molecular weight is 378 g/mol. The molecule has 1 aromatic heterocycles. The molecule has 9 heteroatoms. The number of imidazole rings is 1. The first kappa shape index (κ1) is 18.3. The van der Waals surface area contributed by atoms with Crippen LogP contribution in [0.3, 0.4) is 0 Å². The molecule has 0 N–H and O–H groups in total. The van der Waals surface area contributed by atoms with E-state index in [2.05, 4.69) is 14.5 Å². The topological polar surface area (TPSA) is 84.5 Å². The van der Waals surface area contributed by atoms with Gasteiger partial charge in [-0.15, -0.1) is 0 Å². The fourth-order valence-corrected chi connectivity index (χ4v) is 3.24. The van der Waals surface area contributed by atoms with E-state index in [-0.39, 0.29) is 17.2 Å². The third-order valence-electron chi connectivity index (χ3n) is 4.63. The molecule has 1 amide bonds. The van der Waals surface area contributed by atoms with Gasteiger partial charge in [-0.3, -0.25) is 19.8 Å². The van der Waals surface area contributed by atoms with Crippen LogP contribution in [0, 0.1) is 17.0 Å². The molecule has 0 saturated carbocycles. The molecule has 1 fully saturated rings. The number of amides is 1. The van der Waals surface area contributed by atoms with Crippen LogP contribution < -0.4 is 0 Å². The molecule has 0 spiro atoms. The summed E-state index contributed by atoms with van der Waals surface area (Å²) in [6.45, 7) is 6.21. The zero-order valence-corrected chi connectivity index (χ0v) is 15.2. The molecule has 1 saturated heterocycles. The van der Waals surface area contributed by atoms with Crippen molar-refractivity contribution in [2.24, 2.45) is 0 Å². The molecule has 0 unspecified atom stereocenters. The van der Waals surface area contributed by atoms with Crippen LogP contribution >= 0.6 is 11.6 Å². The van der Waals surface area contributed by atoms with Crippen LogP contribution in [0.2, 0.25) is 5.02 Å². The Morgan fingerprint density at radius 3 is 2.62 bits per heavy atom. The monoisotopic (exact) mass is 377 g/mol. The number of nitrogens with zero attached hydrogens (tertiary/aromatic N) is 5. The Kier molecular flexibility index (Phi) is 5.53. The van der Waals surface area contributed by atoms with Crippen molar-refractivity contribution in [1.82, 2.24) is 19.4 Å². The van der Waals surface area contributed by atoms with E-state index >= 15 is 0 Å². The molecular formula is C17H20ClN5O3. The first-order chi connectivity index (χ1) is 12.5. The Morgan fingerprint density at radius 2 is 2.00 bits per heavy atom. The number of aryl methyl sites for hydroxylation is 1. The number of aromatic nitrogens is 2. The van der Waals surface area contributed by atoms with Gasteiger partial charge in [0.25, 0.3) is 11.6 Å². The number of carbonyl (C=O) groups excluding carboxylic acids is 1. The van der Waals surface area contributed by atoms with Crippen molar-refractivity contribution in [3.63, 3.8) is 0 Å². The quantitative estimate of drug-likeness (QED) is 0.589. The van der Waals surface area contributed by atoms with Crippen molar-refractivity contribution < 1.29 is 9.72 Å². The first-order valence-corrected chi connectivity index (χ1v) is 8.77. The molecule has 0 bridgehead atoms. The standard InChI is InChI=1S/C17H20ClN5O3/c1-13-19-4-5-21(13)9-6-20-7-10-22(11-8-20)17(24)15-12-14(18)2-3-16(15)23(25)26/h2-5,12H,6-11H2,1H3. The van der Waals surface area contributed by atoms with Gasteiger partial charge in [0.2, 0.25) is 0 Å². The number of benzene rings is 1. The van der Waals surface area contributed by atoms with Crippen molar-refractivity contribution in [3.8, 4) is 0 Å². The zero-order valence-electron chi connectivity index (χ0n) is 14.5. The second kappa shape index (κ2) is 7.84. The fraction of sp³-hybridized carbons (Fsp3) is 0.412. The summed E-state index contributed by atoms with van der Waals surface area (Å²) in [5, 5.41) is 11.5. The highest BCUT2D eigenvalue weighted by atomic mass is 35.5. The van der Waals surface area contributed by atoms with E-state index in [0.717, 1.165) is 32.0 Å². The Morgan fingerprint density at radius 1 is 1.27 bits per heavy atom. The zero-order chi connectivity index (χ0) is 18.7.